The molecule has 0 saturated heterocycles. The monoisotopic (exact) mass is 427 g/mol. The van der Waals surface area contributed by atoms with Gasteiger partial charge in [-0.2, -0.15) is 39.5 Å². The first kappa shape index (κ1) is 20.8. The second-order valence-corrected chi connectivity index (χ2v) is 6.08. The number of rotatable bonds is 2. The molecule has 12 heteroatoms. The van der Waals surface area contributed by atoms with Crippen LogP contribution in [0.2, 0.25) is 0 Å². The number of alkyl halides is 9. The predicted octanol–water partition coefficient (Wildman–Crippen LogP) is 6.39. The highest BCUT2D eigenvalue weighted by Gasteiger charge is 2.38. The van der Waals surface area contributed by atoms with Crippen LogP contribution in [0.25, 0.3) is 11.0 Å². The molecule has 0 aliphatic heterocycles. The van der Waals surface area contributed by atoms with Crippen LogP contribution in [0.15, 0.2) is 36.4 Å². The predicted molar refractivity (Wildman–Crippen MR) is 85.6 cm³/mol. The van der Waals surface area contributed by atoms with Gasteiger partial charge in [-0.3, -0.25) is 0 Å². The van der Waals surface area contributed by atoms with Crippen LogP contribution in [0.3, 0.4) is 0 Å². The molecule has 0 saturated carbocycles. The third-order valence-electron chi connectivity index (χ3n) is 4.09. The molecule has 0 aliphatic carbocycles. The molecule has 0 aliphatic rings. The molecule has 3 rings (SSSR count). The number of nitrogens with zero attached hydrogens (tertiary/aromatic N) is 2. The Hall–Kier alpha value is -2.92. The van der Waals surface area contributed by atoms with E-state index in [-0.39, 0.29) is 17.5 Å². The number of anilines is 2. The number of H-pyrrole nitrogens is 1. The summed E-state index contributed by atoms with van der Waals surface area (Å²) >= 11 is 0. The van der Waals surface area contributed by atoms with Crippen molar-refractivity contribution in [2.75, 3.05) is 11.9 Å². The molecule has 156 valence electrons. The van der Waals surface area contributed by atoms with Crippen molar-refractivity contribution in [1.29, 1.82) is 0 Å². The number of aromatic amines is 1. The highest BCUT2D eigenvalue weighted by molar-refractivity contribution is 5.82. The molecule has 1 heterocycles. The van der Waals surface area contributed by atoms with Crippen LogP contribution in [0.5, 0.6) is 0 Å². The smallest absolute Gasteiger partial charge is 0.323 e. The Morgan fingerprint density at radius 2 is 1.34 bits per heavy atom. The average Bonchev–Trinajstić information content (AvgIpc) is 3.02. The lowest BCUT2D eigenvalue weighted by molar-refractivity contribution is -0.143. The largest absolute Gasteiger partial charge is 0.418 e. The van der Waals surface area contributed by atoms with Crippen molar-refractivity contribution in [3.8, 4) is 0 Å². The average molecular weight is 427 g/mol. The molecule has 0 radical (unpaired) electrons. The van der Waals surface area contributed by atoms with Gasteiger partial charge in [0.25, 0.3) is 0 Å². The number of imidazole rings is 1. The fraction of sp³-hybridized carbons (Fsp3) is 0.235. The Kier molecular flexibility index (Phi) is 4.71. The topological polar surface area (TPSA) is 31.9 Å². The summed E-state index contributed by atoms with van der Waals surface area (Å²) < 4.78 is 117. The van der Waals surface area contributed by atoms with E-state index in [2.05, 4.69) is 9.97 Å². The summed E-state index contributed by atoms with van der Waals surface area (Å²) in [5.74, 6) is -0.357. The molecule has 29 heavy (non-hydrogen) atoms. The van der Waals surface area contributed by atoms with E-state index < -0.39 is 46.4 Å². The Bertz CT molecular complexity index is 1010. The number of halogens is 9. The first-order valence-corrected chi connectivity index (χ1v) is 7.77. The van der Waals surface area contributed by atoms with Crippen LogP contribution in [-0.2, 0) is 18.5 Å². The van der Waals surface area contributed by atoms with Gasteiger partial charge in [0.15, 0.2) is 0 Å². The molecule has 0 unspecified atom stereocenters. The van der Waals surface area contributed by atoms with Crippen LogP contribution >= 0.6 is 0 Å². The van der Waals surface area contributed by atoms with Crippen molar-refractivity contribution >= 4 is 22.7 Å². The number of para-hydroxylation sites is 1. The van der Waals surface area contributed by atoms with Gasteiger partial charge < -0.3 is 9.88 Å². The zero-order chi connectivity index (χ0) is 21.8. The van der Waals surface area contributed by atoms with E-state index in [0.717, 1.165) is 24.1 Å². The molecule has 0 atom stereocenters. The van der Waals surface area contributed by atoms with Crippen molar-refractivity contribution in [1.82, 2.24) is 9.97 Å². The van der Waals surface area contributed by atoms with Gasteiger partial charge in [0.2, 0.25) is 5.95 Å². The third kappa shape index (κ3) is 4.10. The number of aromatic nitrogens is 2. The standard InChI is InChI=1S/C17H10F9N3/c1-29(10-6-8(15(18,19)20)5-9(7-10)16(21,22)23)14-27-12-4-2-3-11(13(12)28-14)17(24,25)26/h2-7H,1H3,(H,27,28). The summed E-state index contributed by atoms with van der Waals surface area (Å²) in [6, 6.07) is 3.95. The van der Waals surface area contributed by atoms with E-state index in [1.807, 2.05) is 0 Å². The SMILES string of the molecule is CN(c1cc(C(F)(F)F)cc(C(F)(F)F)c1)c1nc2cccc(C(F)(F)F)c2[nH]1. The Morgan fingerprint density at radius 3 is 1.83 bits per heavy atom. The molecule has 0 fully saturated rings. The Labute approximate surface area is 156 Å². The third-order valence-corrected chi connectivity index (χ3v) is 4.09. The lowest BCUT2D eigenvalue weighted by atomic mass is 10.1. The van der Waals surface area contributed by atoms with Crippen LogP contribution in [0.4, 0.5) is 51.1 Å². The number of hydrogen-bond acceptors (Lipinski definition) is 2. The maximum Gasteiger partial charge on any atom is 0.418 e. The van der Waals surface area contributed by atoms with Crippen molar-refractivity contribution < 1.29 is 39.5 Å². The minimum Gasteiger partial charge on any atom is -0.323 e. The first-order chi connectivity index (χ1) is 13.2. The summed E-state index contributed by atoms with van der Waals surface area (Å²) in [5.41, 5.74) is -5.32. The molecule has 1 aromatic heterocycles. The van der Waals surface area contributed by atoms with Crippen LogP contribution in [0.1, 0.15) is 16.7 Å². The van der Waals surface area contributed by atoms with Gasteiger partial charge in [-0.1, -0.05) is 6.07 Å². The van der Waals surface area contributed by atoms with Gasteiger partial charge in [0.1, 0.15) is 0 Å². The summed E-state index contributed by atoms with van der Waals surface area (Å²) in [6.07, 6.45) is -14.9. The van der Waals surface area contributed by atoms with E-state index in [1.54, 1.807) is 0 Å². The van der Waals surface area contributed by atoms with Crippen molar-refractivity contribution in [3.63, 3.8) is 0 Å². The molecule has 3 aromatic rings. The fourth-order valence-corrected chi connectivity index (χ4v) is 2.67. The molecular formula is C17H10F9N3. The summed E-state index contributed by atoms with van der Waals surface area (Å²) in [5, 5.41) is 0. The van der Waals surface area contributed by atoms with E-state index in [9.17, 15) is 39.5 Å². The fourth-order valence-electron chi connectivity index (χ4n) is 2.67. The maximum atomic E-state index is 13.1. The van der Waals surface area contributed by atoms with Crippen LogP contribution < -0.4 is 4.90 Å². The molecule has 3 nitrogen and oxygen atoms in total. The number of benzene rings is 2. The van der Waals surface area contributed by atoms with Crippen molar-refractivity contribution in [3.05, 3.63) is 53.1 Å². The lowest BCUT2D eigenvalue weighted by Crippen LogP contribution is -2.16. The zero-order valence-corrected chi connectivity index (χ0v) is 14.3. The summed E-state index contributed by atoms with van der Waals surface area (Å²) in [4.78, 5) is 6.98. The molecular weight excluding hydrogens is 417 g/mol. The highest BCUT2D eigenvalue weighted by Crippen LogP contribution is 2.40. The molecule has 0 amide bonds. The van der Waals surface area contributed by atoms with E-state index >= 15 is 0 Å². The van der Waals surface area contributed by atoms with E-state index in [1.165, 1.54) is 6.07 Å². The van der Waals surface area contributed by atoms with Crippen molar-refractivity contribution in [2.24, 2.45) is 0 Å². The van der Waals surface area contributed by atoms with Gasteiger partial charge >= 0.3 is 18.5 Å². The van der Waals surface area contributed by atoms with Gasteiger partial charge in [-0.15, -0.1) is 0 Å². The number of fused-ring (bicyclic) bond motifs is 1. The van der Waals surface area contributed by atoms with Gasteiger partial charge in [-0.05, 0) is 30.3 Å². The quantitative estimate of drug-likeness (QED) is 0.481. The maximum absolute atomic E-state index is 13.1. The minimum absolute atomic E-state index is 0.0439. The molecule has 1 N–H and O–H groups in total. The first-order valence-electron chi connectivity index (χ1n) is 7.77. The molecule has 0 spiro atoms. The minimum atomic E-state index is -5.06. The van der Waals surface area contributed by atoms with Crippen molar-refractivity contribution in [2.45, 2.75) is 18.5 Å². The normalized spacial score (nSPS) is 13.2. The highest BCUT2D eigenvalue weighted by atomic mass is 19.4. The number of nitrogens with one attached hydrogen (secondary N) is 1. The summed E-state index contributed by atoms with van der Waals surface area (Å²) in [7, 11) is 1.08. The summed E-state index contributed by atoms with van der Waals surface area (Å²) in [6.45, 7) is 0. The van der Waals surface area contributed by atoms with Gasteiger partial charge in [-0.25, -0.2) is 4.98 Å². The number of hydrogen-bond donors (Lipinski definition) is 1. The second kappa shape index (κ2) is 6.56. The van der Waals surface area contributed by atoms with Gasteiger partial charge in [0, 0.05) is 12.7 Å². The molecule has 0 bridgehead atoms. The van der Waals surface area contributed by atoms with Crippen LogP contribution in [0, 0.1) is 0 Å². The zero-order valence-electron chi connectivity index (χ0n) is 14.3. The van der Waals surface area contributed by atoms with Gasteiger partial charge in [0.05, 0.1) is 27.7 Å². The lowest BCUT2D eigenvalue weighted by Gasteiger charge is -2.20. The van der Waals surface area contributed by atoms with E-state index in [0.29, 0.717) is 12.1 Å². The second-order valence-electron chi connectivity index (χ2n) is 6.08. The van der Waals surface area contributed by atoms with E-state index in [4.69, 9.17) is 0 Å². The Morgan fingerprint density at radius 1 is 0.793 bits per heavy atom. The Balaban J connectivity index is 2.14. The van der Waals surface area contributed by atoms with Crippen LogP contribution in [-0.4, -0.2) is 17.0 Å². The molecule has 2 aromatic carbocycles.